The molecule has 5 nitrogen and oxygen atoms in total. The third kappa shape index (κ3) is 6.02. The van der Waals surface area contributed by atoms with Crippen LogP contribution in [-0.4, -0.2) is 29.8 Å². The Kier molecular flexibility index (Phi) is 6.81. The van der Waals surface area contributed by atoms with E-state index in [1.54, 1.807) is 13.3 Å². The van der Waals surface area contributed by atoms with Crippen molar-refractivity contribution in [3.05, 3.63) is 30.1 Å². The molecule has 0 unspecified atom stereocenters. The van der Waals surface area contributed by atoms with Gasteiger partial charge in [-0.2, -0.15) is 0 Å². The van der Waals surface area contributed by atoms with Gasteiger partial charge in [0, 0.05) is 19.3 Å². The van der Waals surface area contributed by atoms with Crippen molar-refractivity contribution in [2.24, 2.45) is 5.92 Å². The standard InChI is InChI=1S/C17H29N3O2/c1-12(2)15(14-9-7-8-10-18-14)20-16(21)19-13(3)11-17(4,5)22-6/h7-10,12-13,15H,11H2,1-6H3,(H2,19,20,21)/t13-,15+/m1/s1. The summed E-state index contributed by atoms with van der Waals surface area (Å²) >= 11 is 0. The second kappa shape index (κ2) is 8.13. The van der Waals surface area contributed by atoms with Crippen molar-refractivity contribution >= 4 is 6.03 Å². The average molecular weight is 307 g/mol. The van der Waals surface area contributed by atoms with Crippen LogP contribution in [0.4, 0.5) is 4.79 Å². The lowest BCUT2D eigenvalue weighted by atomic mass is 9.99. The van der Waals surface area contributed by atoms with Crippen LogP contribution in [-0.2, 0) is 4.74 Å². The Morgan fingerprint density at radius 3 is 2.45 bits per heavy atom. The topological polar surface area (TPSA) is 63.2 Å². The van der Waals surface area contributed by atoms with Gasteiger partial charge in [-0.05, 0) is 45.2 Å². The summed E-state index contributed by atoms with van der Waals surface area (Å²) in [6.45, 7) is 10.1. The smallest absolute Gasteiger partial charge is 0.315 e. The minimum atomic E-state index is -0.259. The predicted molar refractivity (Wildman–Crippen MR) is 88.7 cm³/mol. The summed E-state index contributed by atoms with van der Waals surface area (Å²) in [4.78, 5) is 16.6. The van der Waals surface area contributed by atoms with Crippen LogP contribution in [0.1, 0.15) is 52.8 Å². The zero-order valence-electron chi connectivity index (χ0n) is 14.5. The molecule has 1 aromatic rings. The molecule has 124 valence electrons. The molecule has 2 amide bonds. The highest BCUT2D eigenvalue weighted by molar-refractivity contribution is 5.74. The lowest BCUT2D eigenvalue weighted by Crippen LogP contribution is -2.46. The second-order valence-electron chi connectivity index (χ2n) is 6.66. The van der Waals surface area contributed by atoms with Gasteiger partial charge < -0.3 is 15.4 Å². The van der Waals surface area contributed by atoms with Crippen molar-refractivity contribution in [1.29, 1.82) is 0 Å². The first-order chi connectivity index (χ1) is 10.2. The van der Waals surface area contributed by atoms with Crippen LogP contribution < -0.4 is 10.6 Å². The number of carbonyl (C=O) groups excluding carboxylic acids is 1. The molecule has 0 saturated carbocycles. The Morgan fingerprint density at radius 2 is 1.95 bits per heavy atom. The van der Waals surface area contributed by atoms with Gasteiger partial charge in [0.05, 0.1) is 17.3 Å². The lowest BCUT2D eigenvalue weighted by molar-refractivity contribution is 0.00946. The number of ether oxygens (including phenoxy) is 1. The molecule has 0 spiro atoms. The predicted octanol–water partition coefficient (Wildman–Crippen LogP) is 3.28. The maximum absolute atomic E-state index is 12.2. The van der Waals surface area contributed by atoms with E-state index in [0.29, 0.717) is 0 Å². The zero-order valence-corrected chi connectivity index (χ0v) is 14.5. The van der Waals surface area contributed by atoms with Crippen molar-refractivity contribution in [2.75, 3.05) is 7.11 Å². The van der Waals surface area contributed by atoms with E-state index in [9.17, 15) is 4.79 Å². The van der Waals surface area contributed by atoms with Gasteiger partial charge in [-0.1, -0.05) is 19.9 Å². The van der Waals surface area contributed by atoms with Gasteiger partial charge in [0.25, 0.3) is 0 Å². The summed E-state index contributed by atoms with van der Waals surface area (Å²) in [6, 6.07) is 5.47. The number of hydrogen-bond donors (Lipinski definition) is 2. The van der Waals surface area contributed by atoms with Crippen LogP contribution in [0, 0.1) is 5.92 Å². The number of nitrogens with zero attached hydrogens (tertiary/aromatic N) is 1. The molecule has 0 aliphatic rings. The van der Waals surface area contributed by atoms with Gasteiger partial charge in [0.15, 0.2) is 0 Å². The number of methoxy groups -OCH3 is 1. The third-order valence-corrected chi connectivity index (χ3v) is 3.69. The Labute approximate surface area is 133 Å². The number of rotatable bonds is 7. The molecular formula is C17H29N3O2. The van der Waals surface area contributed by atoms with Crippen molar-refractivity contribution in [1.82, 2.24) is 15.6 Å². The largest absolute Gasteiger partial charge is 0.379 e. The van der Waals surface area contributed by atoms with E-state index >= 15 is 0 Å². The summed E-state index contributed by atoms with van der Waals surface area (Å²) in [5.41, 5.74) is 0.614. The first kappa shape index (κ1) is 18.4. The van der Waals surface area contributed by atoms with Crippen molar-refractivity contribution < 1.29 is 9.53 Å². The number of nitrogens with one attached hydrogen (secondary N) is 2. The third-order valence-electron chi connectivity index (χ3n) is 3.69. The minimum Gasteiger partial charge on any atom is -0.379 e. The summed E-state index contributed by atoms with van der Waals surface area (Å²) in [6.07, 6.45) is 2.49. The fourth-order valence-electron chi connectivity index (χ4n) is 2.42. The SMILES string of the molecule is COC(C)(C)C[C@@H](C)NC(=O)N[C@H](c1ccccn1)C(C)C. The fourth-order valence-corrected chi connectivity index (χ4v) is 2.42. The number of pyridine rings is 1. The van der Waals surface area contributed by atoms with Crippen LogP contribution in [0.15, 0.2) is 24.4 Å². The monoisotopic (exact) mass is 307 g/mol. The molecule has 22 heavy (non-hydrogen) atoms. The molecule has 2 N–H and O–H groups in total. The van der Waals surface area contributed by atoms with Crippen LogP contribution in [0.25, 0.3) is 0 Å². The molecule has 0 aliphatic carbocycles. The number of hydrogen-bond acceptors (Lipinski definition) is 3. The zero-order chi connectivity index (χ0) is 16.8. The quantitative estimate of drug-likeness (QED) is 0.812. The van der Waals surface area contributed by atoms with E-state index in [0.717, 1.165) is 12.1 Å². The highest BCUT2D eigenvalue weighted by Gasteiger charge is 2.23. The molecule has 0 saturated heterocycles. The molecule has 2 atom stereocenters. The molecule has 1 rings (SSSR count). The number of aromatic nitrogens is 1. The summed E-state index contributed by atoms with van der Waals surface area (Å²) < 4.78 is 5.40. The molecule has 0 aliphatic heterocycles. The molecule has 5 heteroatoms. The number of carbonyl (C=O) groups is 1. The van der Waals surface area contributed by atoms with E-state index in [1.165, 1.54) is 0 Å². The number of urea groups is 1. The maximum Gasteiger partial charge on any atom is 0.315 e. The van der Waals surface area contributed by atoms with Gasteiger partial charge >= 0.3 is 6.03 Å². The van der Waals surface area contributed by atoms with Crippen LogP contribution in [0.3, 0.4) is 0 Å². The normalized spacial score (nSPS) is 14.5. The van der Waals surface area contributed by atoms with Gasteiger partial charge in [-0.25, -0.2) is 4.79 Å². The van der Waals surface area contributed by atoms with Gasteiger partial charge in [0.1, 0.15) is 0 Å². The van der Waals surface area contributed by atoms with E-state index in [1.807, 2.05) is 39.0 Å². The maximum atomic E-state index is 12.2. The summed E-state index contributed by atoms with van der Waals surface area (Å²) in [5, 5.41) is 5.98. The Balaban J connectivity index is 2.62. The molecule has 1 heterocycles. The molecule has 0 aromatic carbocycles. The van der Waals surface area contributed by atoms with Crippen LogP contribution >= 0.6 is 0 Å². The first-order valence-corrected chi connectivity index (χ1v) is 7.78. The van der Waals surface area contributed by atoms with Crippen molar-refractivity contribution in [2.45, 2.75) is 58.7 Å². The summed E-state index contributed by atoms with van der Waals surface area (Å²) in [7, 11) is 1.68. The Hall–Kier alpha value is -1.62. The molecule has 0 bridgehead atoms. The second-order valence-corrected chi connectivity index (χ2v) is 6.66. The van der Waals surface area contributed by atoms with Gasteiger partial charge in [0.2, 0.25) is 0 Å². The highest BCUT2D eigenvalue weighted by atomic mass is 16.5. The van der Waals surface area contributed by atoms with E-state index in [2.05, 4.69) is 29.5 Å². The van der Waals surface area contributed by atoms with Gasteiger partial charge in [-0.3, -0.25) is 4.98 Å². The van der Waals surface area contributed by atoms with E-state index in [4.69, 9.17) is 4.74 Å². The van der Waals surface area contributed by atoms with Crippen molar-refractivity contribution in [3.8, 4) is 0 Å². The summed E-state index contributed by atoms with van der Waals surface area (Å²) in [5.74, 6) is 0.256. The van der Waals surface area contributed by atoms with Crippen LogP contribution in [0.5, 0.6) is 0 Å². The Morgan fingerprint density at radius 1 is 1.27 bits per heavy atom. The van der Waals surface area contributed by atoms with E-state index < -0.39 is 0 Å². The minimum absolute atomic E-state index is 0.0199. The van der Waals surface area contributed by atoms with Gasteiger partial charge in [-0.15, -0.1) is 0 Å². The fraction of sp³-hybridized carbons (Fsp3) is 0.647. The highest BCUT2D eigenvalue weighted by Crippen LogP contribution is 2.19. The number of amides is 2. The lowest BCUT2D eigenvalue weighted by Gasteiger charge is -2.28. The molecule has 0 radical (unpaired) electrons. The first-order valence-electron chi connectivity index (χ1n) is 7.78. The molecular weight excluding hydrogens is 278 g/mol. The average Bonchev–Trinajstić information content (AvgIpc) is 2.44. The molecule has 1 aromatic heterocycles. The van der Waals surface area contributed by atoms with E-state index in [-0.39, 0.29) is 29.6 Å². The van der Waals surface area contributed by atoms with Crippen LogP contribution in [0.2, 0.25) is 0 Å². The Bertz CT molecular complexity index is 460. The molecule has 0 fully saturated rings. The van der Waals surface area contributed by atoms with Crippen molar-refractivity contribution in [3.63, 3.8) is 0 Å².